The van der Waals surface area contributed by atoms with Crippen molar-refractivity contribution in [2.45, 2.75) is 6.10 Å². The largest absolute Gasteiger partial charge is 0.445 e. The normalized spacial score (nSPS) is 13.1. The molecule has 0 unspecified atom stereocenters. The predicted octanol–water partition coefficient (Wildman–Crippen LogP) is 5.83. The summed E-state index contributed by atoms with van der Waals surface area (Å²) in [6.07, 6.45) is -1.42. The average molecular weight is 541 g/mol. The quantitative estimate of drug-likeness (QED) is 0.0949. The maximum absolute atomic E-state index is 13.3. The number of halogens is 1. The summed E-state index contributed by atoms with van der Waals surface area (Å²) in [7, 11) is 0. The van der Waals surface area contributed by atoms with Gasteiger partial charge in [0.15, 0.2) is 6.10 Å². The first-order valence-electron chi connectivity index (χ1n) is 11.6. The van der Waals surface area contributed by atoms with E-state index in [-0.39, 0.29) is 39.2 Å². The number of imide groups is 1. The fourth-order valence-electron chi connectivity index (χ4n) is 4.19. The second-order valence-corrected chi connectivity index (χ2v) is 8.99. The molecule has 192 valence electrons. The summed E-state index contributed by atoms with van der Waals surface area (Å²) in [5.74, 6) is -2.68. The molecule has 1 aliphatic heterocycles. The van der Waals surface area contributed by atoms with Gasteiger partial charge in [-0.2, -0.15) is 0 Å². The third kappa shape index (κ3) is 4.90. The van der Waals surface area contributed by atoms with Gasteiger partial charge < -0.3 is 4.74 Å². The number of anilines is 1. The van der Waals surface area contributed by atoms with E-state index in [1.54, 1.807) is 48.5 Å². The lowest BCUT2D eigenvalue weighted by molar-refractivity contribution is -0.384. The molecule has 1 atom stereocenters. The molecule has 0 radical (unpaired) electrons. The molecule has 0 fully saturated rings. The number of carbonyl (C=O) groups is 4. The van der Waals surface area contributed by atoms with Gasteiger partial charge in [0, 0.05) is 28.3 Å². The van der Waals surface area contributed by atoms with E-state index in [4.69, 9.17) is 16.3 Å². The number of nitro groups is 1. The van der Waals surface area contributed by atoms with Crippen molar-refractivity contribution in [2.24, 2.45) is 0 Å². The number of fused-ring (bicyclic) bond motifs is 1. The molecule has 5 rings (SSSR count). The Balaban J connectivity index is 1.46. The topological polar surface area (TPSA) is 124 Å². The SMILES string of the molecule is O=C(O[C@H](C(=O)c1ccccc1)c1ccc([N+](=O)[O-])cc1)c1ccc2c(c1)C(=O)N(c1cccc(Cl)c1)C2=O. The molecule has 9 nitrogen and oxygen atoms in total. The van der Waals surface area contributed by atoms with Crippen molar-refractivity contribution < 1.29 is 28.8 Å². The molecule has 0 aromatic heterocycles. The molecule has 39 heavy (non-hydrogen) atoms. The number of hydrogen-bond donors (Lipinski definition) is 0. The van der Waals surface area contributed by atoms with Gasteiger partial charge in [0.05, 0.1) is 27.3 Å². The van der Waals surface area contributed by atoms with E-state index in [0.717, 1.165) is 4.90 Å². The second kappa shape index (κ2) is 10.3. The van der Waals surface area contributed by atoms with E-state index in [1.165, 1.54) is 48.5 Å². The number of carbonyl (C=O) groups excluding carboxylic acids is 4. The Hall–Kier alpha value is -5.15. The zero-order valence-corrected chi connectivity index (χ0v) is 20.7. The van der Waals surface area contributed by atoms with Crippen molar-refractivity contribution in [1.29, 1.82) is 0 Å². The van der Waals surface area contributed by atoms with Crippen LogP contribution in [0.3, 0.4) is 0 Å². The molecular formula is C29H17ClN2O7. The van der Waals surface area contributed by atoms with Gasteiger partial charge in [-0.1, -0.05) is 48.0 Å². The maximum atomic E-state index is 13.3. The highest BCUT2D eigenvalue weighted by atomic mass is 35.5. The fraction of sp³-hybridized carbons (Fsp3) is 0.0345. The molecule has 0 saturated heterocycles. The molecule has 10 heteroatoms. The minimum atomic E-state index is -1.42. The van der Waals surface area contributed by atoms with Crippen LogP contribution in [-0.2, 0) is 4.74 Å². The minimum Gasteiger partial charge on any atom is -0.445 e. The number of rotatable bonds is 7. The molecule has 2 amide bonds. The van der Waals surface area contributed by atoms with Gasteiger partial charge >= 0.3 is 5.97 Å². The van der Waals surface area contributed by atoms with Crippen molar-refractivity contribution in [3.63, 3.8) is 0 Å². The summed E-state index contributed by atoms with van der Waals surface area (Å²) >= 11 is 6.02. The fourth-order valence-corrected chi connectivity index (χ4v) is 4.37. The summed E-state index contributed by atoms with van der Waals surface area (Å²) in [5.41, 5.74) is 0.615. The van der Waals surface area contributed by atoms with Crippen LogP contribution in [0.4, 0.5) is 11.4 Å². The van der Waals surface area contributed by atoms with Crippen molar-refractivity contribution in [1.82, 2.24) is 0 Å². The van der Waals surface area contributed by atoms with E-state index in [0.29, 0.717) is 5.02 Å². The number of Topliss-reactive ketones (excluding diaryl/α,β-unsaturated/α-hetero) is 1. The number of ketones is 1. The first kappa shape index (κ1) is 25.5. The highest BCUT2D eigenvalue weighted by molar-refractivity contribution is 6.35. The smallest absolute Gasteiger partial charge is 0.339 e. The Kier molecular flexibility index (Phi) is 6.74. The summed E-state index contributed by atoms with van der Waals surface area (Å²) in [6.45, 7) is 0. The number of esters is 1. The highest BCUT2D eigenvalue weighted by Gasteiger charge is 2.38. The summed E-state index contributed by atoms with van der Waals surface area (Å²) in [5, 5.41) is 11.4. The van der Waals surface area contributed by atoms with E-state index in [9.17, 15) is 29.3 Å². The molecule has 4 aromatic carbocycles. The van der Waals surface area contributed by atoms with Crippen LogP contribution in [0.5, 0.6) is 0 Å². The van der Waals surface area contributed by atoms with Gasteiger partial charge in [-0.25, -0.2) is 9.69 Å². The van der Waals surface area contributed by atoms with E-state index in [1.807, 2.05) is 0 Å². The number of hydrogen-bond acceptors (Lipinski definition) is 7. The first-order chi connectivity index (χ1) is 18.7. The number of ether oxygens (including phenoxy) is 1. The van der Waals surface area contributed by atoms with Crippen LogP contribution < -0.4 is 4.90 Å². The Morgan fingerprint density at radius 3 is 2.15 bits per heavy atom. The molecule has 0 bridgehead atoms. The molecule has 1 heterocycles. The lowest BCUT2D eigenvalue weighted by Crippen LogP contribution is -2.29. The van der Waals surface area contributed by atoms with Crippen molar-refractivity contribution in [2.75, 3.05) is 4.90 Å². The average Bonchev–Trinajstić information content (AvgIpc) is 3.20. The van der Waals surface area contributed by atoms with Crippen LogP contribution in [0.25, 0.3) is 0 Å². The van der Waals surface area contributed by atoms with Gasteiger partial charge in [0.1, 0.15) is 0 Å². The van der Waals surface area contributed by atoms with E-state index < -0.39 is 34.6 Å². The molecule has 0 N–H and O–H groups in total. The van der Waals surface area contributed by atoms with Crippen LogP contribution in [0.15, 0.2) is 97.1 Å². The van der Waals surface area contributed by atoms with Crippen LogP contribution in [0.1, 0.15) is 53.1 Å². The van der Waals surface area contributed by atoms with E-state index >= 15 is 0 Å². The highest BCUT2D eigenvalue weighted by Crippen LogP contribution is 2.32. The molecule has 1 aliphatic rings. The monoisotopic (exact) mass is 540 g/mol. The van der Waals surface area contributed by atoms with Gasteiger partial charge in [-0.05, 0) is 48.5 Å². The van der Waals surface area contributed by atoms with Gasteiger partial charge in [-0.3, -0.25) is 24.5 Å². The summed E-state index contributed by atoms with van der Waals surface area (Å²) in [4.78, 5) is 64.0. The number of nitro benzene ring substituents is 1. The molecular weight excluding hydrogens is 524 g/mol. The molecule has 4 aromatic rings. The predicted molar refractivity (Wildman–Crippen MR) is 141 cm³/mol. The van der Waals surface area contributed by atoms with Crippen molar-refractivity contribution >= 4 is 46.5 Å². The van der Waals surface area contributed by atoms with Crippen LogP contribution in [0, 0.1) is 10.1 Å². The summed E-state index contributed by atoms with van der Waals surface area (Å²) < 4.78 is 5.60. The standard InChI is InChI=1S/C29H17ClN2O7/c30-20-7-4-8-22(16-20)31-27(34)23-14-11-19(15-24(23)28(31)35)29(36)39-26(25(33)17-5-2-1-3-6-17)18-9-12-21(13-10-18)32(37)38/h1-16,26H/t26-/m0/s1. The first-order valence-corrected chi connectivity index (χ1v) is 12.0. The van der Waals surface area contributed by atoms with Crippen LogP contribution >= 0.6 is 11.6 Å². The third-order valence-electron chi connectivity index (χ3n) is 6.12. The van der Waals surface area contributed by atoms with Crippen molar-refractivity contribution in [3.8, 4) is 0 Å². The van der Waals surface area contributed by atoms with Gasteiger partial charge in [0.25, 0.3) is 17.5 Å². The Morgan fingerprint density at radius 1 is 0.795 bits per heavy atom. The number of nitrogens with zero attached hydrogens (tertiary/aromatic N) is 2. The Labute approximate surface area is 226 Å². The number of benzene rings is 4. The molecule has 0 spiro atoms. The lowest BCUT2D eigenvalue weighted by atomic mass is 9.99. The zero-order chi connectivity index (χ0) is 27.7. The Morgan fingerprint density at radius 2 is 1.49 bits per heavy atom. The van der Waals surface area contributed by atoms with E-state index in [2.05, 4.69) is 0 Å². The molecule has 0 aliphatic carbocycles. The Bertz CT molecular complexity index is 1650. The van der Waals surface area contributed by atoms with Crippen molar-refractivity contribution in [3.05, 3.63) is 140 Å². The van der Waals surface area contributed by atoms with Gasteiger partial charge in [-0.15, -0.1) is 0 Å². The maximum Gasteiger partial charge on any atom is 0.339 e. The number of amides is 2. The lowest BCUT2D eigenvalue weighted by Gasteiger charge is -2.17. The zero-order valence-electron chi connectivity index (χ0n) is 19.9. The molecule has 0 saturated carbocycles. The summed E-state index contributed by atoms with van der Waals surface area (Å²) in [6, 6.07) is 23.4. The second-order valence-electron chi connectivity index (χ2n) is 8.55. The third-order valence-corrected chi connectivity index (χ3v) is 6.35. The number of non-ortho nitro benzene ring substituents is 1. The van der Waals surface area contributed by atoms with Crippen LogP contribution in [-0.4, -0.2) is 28.5 Å². The van der Waals surface area contributed by atoms with Gasteiger partial charge in [0.2, 0.25) is 5.78 Å². The van der Waals surface area contributed by atoms with Crippen LogP contribution in [0.2, 0.25) is 5.02 Å². The minimum absolute atomic E-state index is 0.00398.